The summed E-state index contributed by atoms with van der Waals surface area (Å²) in [5.41, 5.74) is 0. The van der Waals surface area contributed by atoms with Crippen molar-refractivity contribution >= 4 is 81.0 Å². The van der Waals surface area contributed by atoms with Crippen LogP contribution in [0.25, 0.3) is 0 Å². The lowest BCUT2D eigenvalue weighted by Crippen LogP contribution is -2.19. The highest BCUT2D eigenvalue weighted by Crippen LogP contribution is 1.75. The Balaban J connectivity index is 2.81. The third kappa shape index (κ3) is 15.5. The second-order valence-electron chi connectivity index (χ2n) is 1.21. The molecule has 7 nitrogen and oxygen atoms in total. The van der Waals surface area contributed by atoms with E-state index in [-0.39, 0.29) is 60.0 Å². The van der Waals surface area contributed by atoms with Gasteiger partial charge in [0.2, 0.25) is 21.0 Å². The molecule has 0 aromatic carbocycles. The Bertz CT molecular complexity index is 99.2. The Morgan fingerprint density at radius 2 is 0.733 bits per heavy atom. The van der Waals surface area contributed by atoms with Crippen LogP contribution in [0.5, 0.6) is 0 Å². The molecule has 0 saturated carbocycles. The number of hydrogen-bond donors (Lipinski definition) is 0. The van der Waals surface area contributed by atoms with E-state index in [4.69, 9.17) is 20.6 Å². The molecule has 0 bridgehead atoms. The lowest BCUT2D eigenvalue weighted by molar-refractivity contribution is 0.373. The van der Waals surface area contributed by atoms with Crippen LogP contribution in [0.1, 0.15) is 0 Å². The van der Waals surface area contributed by atoms with Crippen LogP contribution in [0.2, 0.25) is 0 Å². The Morgan fingerprint density at radius 1 is 0.467 bits per heavy atom. The Kier molecular flexibility index (Phi) is 17.0. The standard InChI is InChI=1S/O7Si8/c8-1-10-3-12-5-14-7-15-6-13-4-11-2-9. The molecule has 0 fully saturated rings. The number of hydrogen-bond acceptors (Lipinski definition) is 7. The summed E-state index contributed by atoms with van der Waals surface area (Å²) in [5, 5.41) is 0. The Labute approximate surface area is 110 Å². The summed E-state index contributed by atoms with van der Waals surface area (Å²) in [6.45, 7) is 0. The van der Waals surface area contributed by atoms with E-state index in [1.54, 1.807) is 0 Å². The number of rotatable bonds is 12. The van der Waals surface area contributed by atoms with Crippen LogP contribution in [-0.4, -0.2) is 81.0 Å². The quantitative estimate of drug-likeness (QED) is 0.270. The molecule has 0 aromatic rings. The van der Waals surface area contributed by atoms with Crippen molar-refractivity contribution in [2.75, 3.05) is 0 Å². The molecule has 0 unspecified atom stereocenters. The maximum Gasteiger partial charge on any atom is 0.412 e. The molecule has 0 saturated heterocycles. The fraction of sp³-hybridized carbons (Fsp3) is 0. The average molecular weight is 337 g/mol. The van der Waals surface area contributed by atoms with Crippen LogP contribution in [0, 0.1) is 0 Å². The molecular formula is O7Si8. The molecule has 74 valence electrons. The first-order valence-electron chi connectivity index (χ1n) is 2.86. The van der Waals surface area contributed by atoms with E-state index >= 15 is 0 Å². The van der Waals surface area contributed by atoms with Crippen molar-refractivity contribution in [3.8, 4) is 0 Å². The molecule has 0 heterocycles. The second-order valence-corrected chi connectivity index (χ2v) is 7.93. The summed E-state index contributed by atoms with van der Waals surface area (Å²) in [5.74, 6) is 0. The second kappa shape index (κ2) is 15.5. The minimum absolute atomic E-state index is 0.0886. The molecule has 0 amide bonds. The van der Waals surface area contributed by atoms with E-state index in [2.05, 4.69) is 29.2 Å². The SMILES string of the molecule is [Si]O[Si]O[Si]O[Si]O[Si]O[Si]O[Si]O[Si]. The highest BCUT2D eigenvalue weighted by molar-refractivity contribution is 6.48. The van der Waals surface area contributed by atoms with E-state index in [9.17, 15) is 0 Å². The van der Waals surface area contributed by atoms with Gasteiger partial charge < -0.3 is 28.8 Å². The first-order chi connectivity index (χ1) is 7.41. The van der Waals surface area contributed by atoms with Crippen molar-refractivity contribution in [3.63, 3.8) is 0 Å². The van der Waals surface area contributed by atoms with Crippen molar-refractivity contribution in [2.24, 2.45) is 0 Å². The van der Waals surface area contributed by atoms with Crippen LogP contribution in [0.4, 0.5) is 0 Å². The maximum absolute atomic E-state index is 4.96. The van der Waals surface area contributed by atoms with Crippen LogP contribution in [0.3, 0.4) is 0 Å². The van der Waals surface area contributed by atoms with Gasteiger partial charge in [0.1, 0.15) is 0 Å². The van der Waals surface area contributed by atoms with Crippen LogP contribution in [-0.2, 0) is 28.8 Å². The zero-order valence-electron chi connectivity index (χ0n) is 6.86. The van der Waals surface area contributed by atoms with Crippen molar-refractivity contribution in [2.45, 2.75) is 0 Å². The summed E-state index contributed by atoms with van der Waals surface area (Å²) >= 11 is 0. The molecule has 15 heavy (non-hydrogen) atoms. The lowest BCUT2D eigenvalue weighted by Gasteiger charge is -2.01. The molecular weight excluding hydrogens is 337 g/mol. The van der Waals surface area contributed by atoms with Gasteiger partial charge in [0.05, 0.1) is 0 Å². The largest absolute Gasteiger partial charge is 0.435 e. The van der Waals surface area contributed by atoms with Gasteiger partial charge in [-0.3, -0.25) is 0 Å². The van der Waals surface area contributed by atoms with Crippen molar-refractivity contribution in [3.05, 3.63) is 0 Å². The average Bonchev–Trinajstić information content (AvgIpc) is 2.26. The maximum atomic E-state index is 4.96. The topological polar surface area (TPSA) is 64.6 Å². The highest BCUT2D eigenvalue weighted by atomic mass is 28.4. The zero-order chi connectivity index (χ0) is 11.2. The van der Waals surface area contributed by atoms with Gasteiger partial charge in [-0.15, -0.1) is 0 Å². The highest BCUT2D eigenvalue weighted by Gasteiger charge is 2.01. The summed E-state index contributed by atoms with van der Waals surface area (Å²) in [4.78, 5) is 0. The molecule has 0 spiro atoms. The minimum Gasteiger partial charge on any atom is -0.435 e. The van der Waals surface area contributed by atoms with E-state index in [0.717, 1.165) is 0 Å². The van der Waals surface area contributed by atoms with E-state index in [1.807, 2.05) is 0 Å². The van der Waals surface area contributed by atoms with Crippen LogP contribution >= 0.6 is 0 Å². The molecule has 0 aliphatic heterocycles. The van der Waals surface area contributed by atoms with Crippen LogP contribution < -0.4 is 0 Å². The monoisotopic (exact) mass is 336 g/mol. The molecule has 0 N–H and O–H groups in total. The zero-order valence-corrected chi connectivity index (χ0v) is 14.9. The molecule has 0 aliphatic rings. The molecule has 15 heteroatoms. The molecule has 0 atom stereocenters. The third-order valence-electron chi connectivity index (χ3n) is 0.500. The van der Waals surface area contributed by atoms with E-state index in [0.29, 0.717) is 0 Å². The van der Waals surface area contributed by atoms with Crippen molar-refractivity contribution < 1.29 is 28.8 Å². The van der Waals surface area contributed by atoms with Crippen molar-refractivity contribution in [1.82, 2.24) is 0 Å². The minimum atomic E-state index is -0.126. The van der Waals surface area contributed by atoms with Gasteiger partial charge in [-0.05, 0) is 0 Å². The molecule has 0 rings (SSSR count). The summed E-state index contributed by atoms with van der Waals surface area (Å²) < 4.78 is 33.5. The van der Waals surface area contributed by atoms with Gasteiger partial charge >= 0.3 is 60.0 Å². The van der Waals surface area contributed by atoms with Gasteiger partial charge in [0.25, 0.3) is 0 Å². The Morgan fingerprint density at radius 3 is 1.00 bits per heavy atom. The first-order valence-corrected chi connectivity index (χ1v) is 8.57. The molecule has 18 radical (unpaired) electrons. The van der Waals surface area contributed by atoms with E-state index in [1.165, 1.54) is 0 Å². The lowest BCUT2D eigenvalue weighted by atomic mass is 15.7. The first kappa shape index (κ1) is 16.5. The van der Waals surface area contributed by atoms with Gasteiger partial charge in [-0.2, -0.15) is 0 Å². The predicted octanol–water partition coefficient (Wildman–Crippen LogP) is -3.53. The molecule has 0 aliphatic carbocycles. The summed E-state index contributed by atoms with van der Waals surface area (Å²) in [6.07, 6.45) is 0. The summed E-state index contributed by atoms with van der Waals surface area (Å²) in [6, 6.07) is 0. The normalized spacial score (nSPS) is 10.8. The predicted molar refractivity (Wildman–Crippen MR) is 53.6 cm³/mol. The molecule has 0 aromatic heterocycles. The Hall–Kier alpha value is 1.46. The van der Waals surface area contributed by atoms with Gasteiger partial charge in [-0.25, -0.2) is 0 Å². The third-order valence-corrected chi connectivity index (χ3v) is 4.50. The van der Waals surface area contributed by atoms with Gasteiger partial charge in [0, 0.05) is 0 Å². The fourth-order valence-corrected chi connectivity index (χ4v) is 4.14. The van der Waals surface area contributed by atoms with E-state index < -0.39 is 0 Å². The van der Waals surface area contributed by atoms with Gasteiger partial charge in [-0.1, -0.05) is 0 Å². The van der Waals surface area contributed by atoms with Crippen LogP contribution in [0.15, 0.2) is 0 Å². The van der Waals surface area contributed by atoms with Gasteiger partial charge in [0.15, 0.2) is 0 Å². The van der Waals surface area contributed by atoms with Crippen molar-refractivity contribution in [1.29, 1.82) is 0 Å². The fourth-order valence-electron chi connectivity index (χ4n) is 0.210. The smallest absolute Gasteiger partial charge is 0.412 e. The summed E-state index contributed by atoms with van der Waals surface area (Å²) in [7, 11) is 4.91.